The van der Waals surface area contributed by atoms with Gasteiger partial charge in [0.1, 0.15) is 44.2 Å². The summed E-state index contributed by atoms with van der Waals surface area (Å²) in [4.78, 5) is 30.0. The predicted octanol–water partition coefficient (Wildman–Crippen LogP) is -0.681. The fourth-order valence-electron chi connectivity index (χ4n) is 4.51. The van der Waals surface area contributed by atoms with Gasteiger partial charge in [-0.25, -0.2) is 4.90 Å². The molecule has 2 heterocycles. The quantitative estimate of drug-likeness (QED) is 0.619. The molecule has 2 amide bonds. The summed E-state index contributed by atoms with van der Waals surface area (Å²) in [6.07, 6.45) is 0.239. The normalized spacial score (nSPS) is 24.2. The molecular formula is C23H29N3O4+2. The molecule has 2 aromatic carbocycles. The van der Waals surface area contributed by atoms with Crippen molar-refractivity contribution >= 4 is 17.5 Å². The maximum atomic E-state index is 13.2. The Kier molecular flexibility index (Phi) is 6.01. The van der Waals surface area contributed by atoms with Gasteiger partial charge in [0.25, 0.3) is 5.91 Å². The van der Waals surface area contributed by atoms with E-state index in [0.29, 0.717) is 17.2 Å². The monoisotopic (exact) mass is 411 g/mol. The minimum atomic E-state index is -0.327. The number of amides is 2. The second kappa shape index (κ2) is 8.85. The van der Waals surface area contributed by atoms with Crippen molar-refractivity contribution in [3.05, 3.63) is 54.1 Å². The van der Waals surface area contributed by atoms with E-state index in [1.54, 1.807) is 25.3 Å². The van der Waals surface area contributed by atoms with E-state index < -0.39 is 0 Å². The van der Waals surface area contributed by atoms with Crippen molar-refractivity contribution in [2.45, 2.75) is 19.0 Å². The van der Waals surface area contributed by atoms with Crippen LogP contribution >= 0.6 is 0 Å². The van der Waals surface area contributed by atoms with Gasteiger partial charge in [-0.3, -0.25) is 9.59 Å². The number of hydrogen-bond donors (Lipinski definition) is 2. The van der Waals surface area contributed by atoms with Gasteiger partial charge in [-0.2, -0.15) is 0 Å². The summed E-state index contributed by atoms with van der Waals surface area (Å²) in [7, 11) is 3.09. The highest BCUT2D eigenvalue weighted by atomic mass is 16.5. The van der Waals surface area contributed by atoms with Crippen molar-refractivity contribution in [1.82, 2.24) is 0 Å². The van der Waals surface area contributed by atoms with Crippen LogP contribution in [0.4, 0.5) is 5.69 Å². The number of ether oxygens (including phenoxy) is 2. The standard InChI is InChI=1S/C23H27N3O4/c1-29-18-8-9-21(30-2)19(14-18)26-22(27)15-20(23(26)28)25-12-10-24(11-13-25)16-17-6-4-3-5-7-17/h3-9,14,20H,10-13,15-16H2,1-2H3/p+2/t20-/m1/s1. The van der Waals surface area contributed by atoms with Crippen LogP contribution in [0.2, 0.25) is 0 Å². The molecule has 1 atom stereocenters. The average Bonchev–Trinajstić information content (AvgIpc) is 3.08. The molecule has 2 aliphatic rings. The van der Waals surface area contributed by atoms with Gasteiger partial charge >= 0.3 is 0 Å². The van der Waals surface area contributed by atoms with Crippen molar-refractivity contribution in [3.8, 4) is 11.5 Å². The van der Waals surface area contributed by atoms with Crippen molar-refractivity contribution in [1.29, 1.82) is 0 Å². The lowest BCUT2D eigenvalue weighted by atomic mass is 10.1. The van der Waals surface area contributed by atoms with Gasteiger partial charge in [-0.05, 0) is 12.1 Å². The van der Waals surface area contributed by atoms with Crippen LogP contribution in [0.3, 0.4) is 0 Å². The summed E-state index contributed by atoms with van der Waals surface area (Å²) >= 11 is 0. The van der Waals surface area contributed by atoms with Crippen molar-refractivity contribution in [2.75, 3.05) is 45.3 Å². The predicted molar refractivity (Wildman–Crippen MR) is 112 cm³/mol. The van der Waals surface area contributed by atoms with Gasteiger partial charge in [0.05, 0.1) is 26.3 Å². The molecule has 0 unspecified atom stereocenters. The van der Waals surface area contributed by atoms with Crippen LogP contribution < -0.4 is 24.2 Å². The van der Waals surface area contributed by atoms with Gasteiger partial charge in [-0.1, -0.05) is 30.3 Å². The molecular weight excluding hydrogens is 382 g/mol. The second-order valence-corrected chi connectivity index (χ2v) is 7.93. The van der Waals surface area contributed by atoms with E-state index in [-0.39, 0.29) is 24.3 Å². The Balaban J connectivity index is 1.44. The molecule has 4 rings (SSSR count). The first kappa shape index (κ1) is 20.4. The Morgan fingerprint density at radius 1 is 0.967 bits per heavy atom. The van der Waals surface area contributed by atoms with E-state index >= 15 is 0 Å². The Bertz CT molecular complexity index is 910. The zero-order valence-electron chi connectivity index (χ0n) is 17.5. The highest BCUT2D eigenvalue weighted by Gasteiger charge is 2.47. The Labute approximate surface area is 176 Å². The number of nitrogens with one attached hydrogen (secondary N) is 2. The summed E-state index contributed by atoms with van der Waals surface area (Å²) in [6, 6.07) is 15.3. The van der Waals surface area contributed by atoms with Crippen LogP contribution in [0, 0.1) is 0 Å². The largest absolute Gasteiger partial charge is 0.497 e. The van der Waals surface area contributed by atoms with Crippen LogP contribution in [0.5, 0.6) is 11.5 Å². The fraction of sp³-hybridized carbons (Fsp3) is 0.391. The molecule has 0 aliphatic carbocycles. The molecule has 0 aromatic heterocycles. The van der Waals surface area contributed by atoms with E-state index in [9.17, 15) is 9.59 Å². The fourth-order valence-corrected chi connectivity index (χ4v) is 4.51. The Morgan fingerprint density at radius 3 is 2.37 bits per heavy atom. The van der Waals surface area contributed by atoms with E-state index in [1.807, 2.05) is 6.07 Å². The highest BCUT2D eigenvalue weighted by molar-refractivity contribution is 6.22. The first-order valence-electron chi connectivity index (χ1n) is 10.4. The summed E-state index contributed by atoms with van der Waals surface area (Å²) in [5, 5.41) is 0. The summed E-state index contributed by atoms with van der Waals surface area (Å²) in [6.45, 7) is 4.75. The van der Waals surface area contributed by atoms with Crippen molar-refractivity contribution in [3.63, 3.8) is 0 Å². The summed E-state index contributed by atoms with van der Waals surface area (Å²) in [5.41, 5.74) is 1.79. The number of imide groups is 1. The number of rotatable bonds is 6. The Hall–Kier alpha value is -2.90. The zero-order valence-corrected chi connectivity index (χ0v) is 17.5. The van der Waals surface area contributed by atoms with Crippen molar-refractivity contribution in [2.24, 2.45) is 0 Å². The molecule has 2 N–H and O–H groups in total. The number of piperazine rings is 1. The lowest BCUT2D eigenvalue weighted by molar-refractivity contribution is -1.02. The van der Waals surface area contributed by atoms with E-state index in [0.717, 1.165) is 32.7 Å². The zero-order chi connectivity index (χ0) is 21.1. The lowest BCUT2D eigenvalue weighted by Crippen LogP contribution is -3.29. The number of carbonyl (C=O) groups excluding carboxylic acids is 2. The van der Waals surface area contributed by atoms with Gasteiger partial charge in [0.2, 0.25) is 5.91 Å². The highest BCUT2D eigenvalue weighted by Crippen LogP contribution is 2.35. The van der Waals surface area contributed by atoms with Crippen LogP contribution in [0.1, 0.15) is 12.0 Å². The molecule has 0 bridgehead atoms. The molecule has 0 spiro atoms. The number of methoxy groups -OCH3 is 2. The smallest absolute Gasteiger partial charge is 0.292 e. The van der Waals surface area contributed by atoms with Crippen LogP contribution in [0.25, 0.3) is 0 Å². The van der Waals surface area contributed by atoms with Crippen LogP contribution in [-0.2, 0) is 16.1 Å². The number of benzene rings is 2. The third-order valence-electron chi connectivity index (χ3n) is 6.16. The van der Waals surface area contributed by atoms with Gasteiger partial charge in [0, 0.05) is 11.6 Å². The third kappa shape index (κ3) is 4.04. The molecule has 0 saturated carbocycles. The van der Waals surface area contributed by atoms with Gasteiger partial charge in [0.15, 0.2) is 6.04 Å². The maximum absolute atomic E-state index is 13.2. The lowest BCUT2D eigenvalue weighted by Gasteiger charge is -2.32. The van der Waals surface area contributed by atoms with Crippen molar-refractivity contribution < 1.29 is 28.9 Å². The maximum Gasteiger partial charge on any atom is 0.292 e. The average molecular weight is 412 g/mol. The summed E-state index contributed by atoms with van der Waals surface area (Å²) in [5.74, 6) is 0.752. The second-order valence-electron chi connectivity index (χ2n) is 7.93. The van der Waals surface area contributed by atoms with Crippen LogP contribution in [0.15, 0.2) is 48.5 Å². The first-order valence-corrected chi connectivity index (χ1v) is 10.4. The van der Waals surface area contributed by atoms with E-state index in [2.05, 4.69) is 24.3 Å². The molecule has 2 aromatic rings. The minimum absolute atomic E-state index is 0.145. The molecule has 2 fully saturated rings. The minimum Gasteiger partial charge on any atom is -0.497 e. The summed E-state index contributed by atoms with van der Waals surface area (Å²) < 4.78 is 10.7. The molecule has 2 aliphatic heterocycles. The number of quaternary nitrogens is 2. The van der Waals surface area contributed by atoms with Crippen LogP contribution in [-0.4, -0.2) is 58.3 Å². The molecule has 7 heteroatoms. The van der Waals surface area contributed by atoms with Gasteiger partial charge in [-0.15, -0.1) is 0 Å². The molecule has 7 nitrogen and oxygen atoms in total. The van der Waals surface area contributed by atoms with E-state index in [1.165, 1.54) is 27.4 Å². The SMILES string of the molecule is COc1ccc(OC)c(N2C(=O)C[C@@H]([NH+]3CC[NH+](Cc4ccccc4)CC3)C2=O)c1. The van der Waals surface area contributed by atoms with E-state index in [4.69, 9.17) is 9.47 Å². The number of hydrogen-bond acceptors (Lipinski definition) is 4. The number of anilines is 1. The molecule has 0 radical (unpaired) electrons. The first-order chi connectivity index (χ1) is 14.6. The number of nitrogens with zero attached hydrogens (tertiary/aromatic N) is 1. The third-order valence-corrected chi connectivity index (χ3v) is 6.16. The number of carbonyl (C=O) groups is 2. The Morgan fingerprint density at radius 2 is 1.70 bits per heavy atom. The molecule has 158 valence electrons. The topological polar surface area (TPSA) is 64.7 Å². The van der Waals surface area contributed by atoms with Gasteiger partial charge < -0.3 is 19.3 Å². The molecule has 2 saturated heterocycles. The molecule has 30 heavy (non-hydrogen) atoms.